The van der Waals surface area contributed by atoms with Gasteiger partial charge in [-0.15, -0.1) is 0 Å². The van der Waals surface area contributed by atoms with Gasteiger partial charge in [0.25, 0.3) is 5.56 Å². The summed E-state index contributed by atoms with van der Waals surface area (Å²) in [7, 11) is 0. The molecule has 7 nitrogen and oxygen atoms in total. The molecule has 0 saturated heterocycles. The number of aromatic nitrogens is 1. The van der Waals surface area contributed by atoms with E-state index in [-0.39, 0.29) is 18.8 Å². The zero-order chi connectivity index (χ0) is 31.5. The predicted molar refractivity (Wildman–Crippen MR) is 181 cm³/mol. The van der Waals surface area contributed by atoms with Crippen LogP contribution in [-0.4, -0.2) is 23.8 Å². The normalized spacial score (nSPS) is 14.7. The van der Waals surface area contributed by atoms with Crippen LogP contribution in [0.15, 0.2) is 84.6 Å². The monoisotopic (exact) mass is 778 g/mol. The summed E-state index contributed by atoms with van der Waals surface area (Å²) in [5, 5.41) is 1.07. The molecule has 3 aromatic carbocycles. The summed E-state index contributed by atoms with van der Waals surface area (Å²) < 4.78 is 20.4. The highest BCUT2D eigenvalue weighted by atomic mass is 79.9. The van der Waals surface area contributed by atoms with Gasteiger partial charge in [-0.2, -0.15) is 0 Å². The van der Waals surface area contributed by atoms with E-state index in [1.807, 2.05) is 49.4 Å². The fraction of sp³-hybridized carbons (Fsp3) is 0.219. The van der Waals surface area contributed by atoms with Crippen LogP contribution in [0, 0.1) is 0 Å². The fourth-order valence-electron chi connectivity index (χ4n) is 4.76. The van der Waals surface area contributed by atoms with Crippen LogP contribution in [0.1, 0.15) is 43.5 Å². The summed E-state index contributed by atoms with van der Waals surface area (Å²) in [6.07, 6.45) is 1.79. The number of ether oxygens (including phenoxy) is 3. The summed E-state index contributed by atoms with van der Waals surface area (Å²) in [5.41, 5.74) is 2.84. The van der Waals surface area contributed by atoms with E-state index in [1.165, 1.54) is 11.3 Å². The second-order valence-electron chi connectivity index (χ2n) is 9.64. The van der Waals surface area contributed by atoms with Crippen LogP contribution in [-0.2, 0) is 16.1 Å². The van der Waals surface area contributed by atoms with Gasteiger partial charge in [0.15, 0.2) is 4.80 Å². The van der Waals surface area contributed by atoms with Gasteiger partial charge in [0.2, 0.25) is 0 Å². The van der Waals surface area contributed by atoms with Crippen molar-refractivity contribution in [1.29, 1.82) is 0 Å². The van der Waals surface area contributed by atoms with E-state index in [0.29, 0.717) is 57.7 Å². The molecule has 4 aromatic rings. The average Bonchev–Trinajstić information content (AvgIpc) is 3.27. The number of rotatable bonds is 9. The van der Waals surface area contributed by atoms with E-state index in [4.69, 9.17) is 37.4 Å². The van der Waals surface area contributed by atoms with E-state index in [0.717, 1.165) is 16.7 Å². The van der Waals surface area contributed by atoms with Gasteiger partial charge in [0, 0.05) is 15.6 Å². The highest BCUT2D eigenvalue weighted by Gasteiger charge is 2.33. The fourth-order valence-corrected chi connectivity index (χ4v) is 7.72. The molecule has 0 aliphatic carbocycles. The van der Waals surface area contributed by atoms with Crippen molar-refractivity contribution in [3.05, 3.63) is 121 Å². The molecule has 1 aromatic heterocycles. The third-order valence-electron chi connectivity index (χ3n) is 6.73. The molecule has 1 aliphatic rings. The maximum atomic E-state index is 14.0. The van der Waals surface area contributed by atoms with Crippen LogP contribution >= 0.6 is 66.4 Å². The molecule has 0 fully saturated rings. The lowest BCUT2D eigenvalue weighted by Gasteiger charge is -2.24. The van der Waals surface area contributed by atoms with Gasteiger partial charge < -0.3 is 14.2 Å². The summed E-state index contributed by atoms with van der Waals surface area (Å²) in [4.78, 5) is 32.3. The van der Waals surface area contributed by atoms with E-state index in [1.54, 1.807) is 36.6 Å². The first-order chi connectivity index (χ1) is 21.1. The number of thiazole rings is 1. The van der Waals surface area contributed by atoms with Gasteiger partial charge in [-0.1, -0.05) is 52.7 Å². The predicted octanol–water partition coefficient (Wildman–Crippen LogP) is 7.61. The minimum Gasteiger partial charge on any atom is -0.494 e. The minimum atomic E-state index is -0.711. The number of fused-ring (bicyclic) bond motifs is 1. The van der Waals surface area contributed by atoms with Crippen molar-refractivity contribution >= 4 is 78.4 Å². The Morgan fingerprint density at radius 3 is 2.36 bits per heavy atom. The van der Waals surface area contributed by atoms with Crippen molar-refractivity contribution < 1.29 is 19.0 Å². The van der Waals surface area contributed by atoms with Gasteiger partial charge in [0.05, 0.1) is 44.0 Å². The molecule has 5 rings (SSSR count). The summed E-state index contributed by atoms with van der Waals surface area (Å²) in [5.74, 6) is 0.770. The Bertz CT molecular complexity index is 1930. The van der Waals surface area contributed by atoms with Crippen molar-refractivity contribution in [2.24, 2.45) is 4.99 Å². The van der Waals surface area contributed by atoms with Crippen molar-refractivity contribution in [2.75, 3.05) is 13.2 Å². The molecular formula is C32H26Br2Cl2N2O5S. The first kappa shape index (κ1) is 32.5. The molecule has 228 valence electrons. The molecule has 0 unspecified atom stereocenters. The molecule has 1 atom stereocenters. The van der Waals surface area contributed by atoms with Crippen LogP contribution in [0.3, 0.4) is 0 Å². The Hall–Kier alpha value is -2.89. The molecule has 44 heavy (non-hydrogen) atoms. The smallest absolute Gasteiger partial charge is 0.338 e. The Morgan fingerprint density at radius 1 is 1.02 bits per heavy atom. The Morgan fingerprint density at radius 2 is 1.73 bits per heavy atom. The molecule has 12 heteroatoms. The number of carbonyl (C=O) groups excluding carboxylic acids is 1. The number of halogens is 4. The molecule has 0 amide bonds. The number of hydrogen-bond acceptors (Lipinski definition) is 7. The van der Waals surface area contributed by atoms with Crippen molar-refractivity contribution in [3.63, 3.8) is 0 Å². The van der Waals surface area contributed by atoms with Gasteiger partial charge in [-0.05, 0) is 106 Å². The second-order valence-corrected chi connectivity index (χ2v) is 13.2. The Labute approximate surface area is 284 Å². The zero-order valence-corrected chi connectivity index (χ0v) is 29.3. The number of nitrogens with zero attached hydrogens (tertiary/aromatic N) is 2. The first-order valence-electron chi connectivity index (χ1n) is 13.6. The zero-order valence-electron chi connectivity index (χ0n) is 23.8. The standard InChI is InChI=1S/C32H26Br2Cl2N2O5S/c1-4-41-22-10-7-19(8-11-22)28-27(31(40)42-5-2)17(3)37-32-38(28)30(39)26(44-32)14-18-12-23(33)29(24(34)13-18)43-16-20-6-9-21(35)15-25(20)36/h6-15,28H,4-5,16H2,1-3H3/b26-14-/t28-/m1/s1. The molecule has 1 aliphatic heterocycles. The second kappa shape index (κ2) is 14.0. The van der Waals surface area contributed by atoms with E-state index in [9.17, 15) is 9.59 Å². The summed E-state index contributed by atoms with van der Waals surface area (Å²) in [6, 6.07) is 15.6. The van der Waals surface area contributed by atoms with Crippen LogP contribution in [0.2, 0.25) is 10.0 Å². The SMILES string of the molecule is CCOC(=O)C1=C(C)N=c2s/c(=C\c3cc(Br)c(OCc4ccc(Cl)cc4Cl)c(Br)c3)c(=O)n2[C@@H]1c1ccc(OCC)cc1. The molecule has 0 bridgehead atoms. The number of esters is 1. The summed E-state index contributed by atoms with van der Waals surface area (Å²) in [6.45, 7) is 6.37. The molecule has 0 spiro atoms. The topological polar surface area (TPSA) is 79.1 Å². The Balaban J connectivity index is 1.54. The quantitative estimate of drug-likeness (QED) is 0.164. The first-order valence-corrected chi connectivity index (χ1v) is 16.7. The van der Waals surface area contributed by atoms with Crippen LogP contribution < -0.4 is 24.4 Å². The van der Waals surface area contributed by atoms with Crippen molar-refractivity contribution in [3.8, 4) is 11.5 Å². The number of allylic oxidation sites excluding steroid dienone is 1. The maximum Gasteiger partial charge on any atom is 0.338 e. The van der Waals surface area contributed by atoms with Crippen LogP contribution in [0.25, 0.3) is 6.08 Å². The highest BCUT2D eigenvalue weighted by Crippen LogP contribution is 2.36. The highest BCUT2D eigenvalue weighted by molar-refractivity contribution is 9.11. The molecule has 0 radical (unpaired) electrons. The van der Waals surface area contributed by atoms with Crippen LogP contribution in [0.4, 0.5) is 0 Å². The largest absolute Gasteiger partial charge is 0.494 e. The van der Waals surface area contributed by atoms with E-state index >= 15 is 0 Å². The maximum absolute atomic E-state index is 14.0. The molecular weight excluding hydrogens is 755 g/mol. The lowest BCUT2D eigenvalue weighted by Crippen LogP contribution is -2.39. The van der Waals surface area contributed by atoms with Crippen LogP contribution in [0.5, 0.6) is 11.5 Å². The van der Waals surface area contributed by atoms with Gasteiger partial charge in [-0.3, -0.25) is 9.36 Å². The van der Waals surface area contributed by atoms with Gasteiger partial charge >= 0.3 is 5.97 Å². The molecule has 0 saturated carbocycles. The number of carbonyl (C=O) groups is 1. The average molecular weight is 781 g/mol. The lowest BCUT2D eigenvalue weighted by molar-refractivity contribution is -0.139. The number of hydrogen-bond donors (Lipinski definition) is 0. The molecule has 0 N–H and O–H groups in total. The minimum absolute atomic E-state index is 0.201. The molecule has 2 heterocycles. The summed E-state index contributed by atoms with van der Waals surface area (Å²) >= 11 is 20.8. The lowest BCUT2D eigenvalue weighted by atomic mass is 9.96. The third kappa shape index (κ3) is 6.84. The third-order valence-corrected chi connectivity index (χ3v) is 9.48. The van der Waals surface area contributed by atoms with Crippen molar-refractivity contribution in [2.45, 2.75) is 33.4 Å². The van der Waals surface area contributed by atoms with Crippen molar-refractivity contribution in [1.82, 2.24) is 4.57 Å². The Kier molecular flexibility index (Phi) is 10.4. The number of benzene rings is 3. The van der Waals surface area contributed by atoms with E-state index < -0.39 is 12.0 Å². The van der Waals surface area contributed by atoms with E-state index in [2.05, 4.69) is 36.9 Å². The van der Waals surface area contributed by atoms with Gasteiger partial charge in [0.1, 0.15) is 18.1 Å². The van der Waals surface area contributed by atoms with Gasteiger partial charge in [-0.25, -0.2) is 9.79 Å².